The van der Waals surface area contributed by atoms with Crippen molar-refractivity contribution in [3.63, 3.8) is 0 Å². The molecule has 25 atom stereocenters. The highest BCUT2D eigenvalue weighted by atomic mass is 31.2. The molecule has 0 aliphatic carbocycles. The number of benzene rings is 1. The Hall–Kier alpha value is -5.27. The first-order valence-corrected chi connectivity index (χ1v) is 32.4. The van der Waals surface area contributed by atoms with E-state index in [1.54, 1.807) is 12.1 Å². The van der Waals surface area contributed by atoms with Crippen molar-refractivity contribution < 1.29 is 170 Å². The fraction of sp³-hybridized carbons (Fsp3) is 0.745. The first-order chi connectivity index (χ1) is 44.8. The van der Waals surface area contributed by atoms with E-state index in [2.05, 4.69) is 40.9 Å². The number of nitrogens with one attached hydrogen (secondary N) is 6. The van der Waals surface area contributed by atoms with Crippen molar-refractivity contribution in [1.29, 1.82) is 0 Å². The summed E-state index contributed by atoms with van der Waals surface area (Å²) in [5, 5.41) is 141. The number of primary amides is 1. The van der Waals surface area contributed by atoms with Crippen LogP contribution in [-0.4, -0.2) is 321 Å². The molecule has 548 valence electrons. The van der Waals surface area contributed by atoms with Crippen LogP contribution in [0, 0.1) is 0 Å². The monoisotopic (exact) mass is 1430 g/mol. The van der Waals surface area contributed by atoms with Gasteiger partial charge in [0.25, 0.3) is 5.91 Å². The Balaban J connectivity index is 1.23. The molecule has 0 aromatic heterocycles. The minimum atomic E-state index is -5.20. The third kappa shape index (κ3) is 23.4. The highest BCUT2D eigenvalue weighted by molar-refractivity contribution is 7.46. The average molecular weight is 1430 g/mol. The number of aliphatic hydroxyl groups excluding tert-OH is 12. The van der Waals surface area contributed by atoms with Crippen LogP contribution in [0.1, 0.15) is 50.4 Å². The van der Waals surface area contributed by atoms with Crippen LogP contribution in [0.4, 0.5) is 5.69 Å². The van der Waals surface area contributed by atoms with Gasteiger partial charge in [0.05, 0.1) is 57.3 Å². The summed E-state index contributed by atoms with van der Waals surface area (Å²) in [7, 11) is -10.3. The van der Waals surface area contributed by atoms with Crippen molar-refractivity contribution in [2.45, 2.75) is 193 Å². The van der Waals surface area contributed by atoms with Crippen molar-refractivity contribution in [3.05, 3.63) is 29.8 Å². The molecule has 96 heavy (non-hydrogen) atoms. The Morgan fingerprint density at radius 1 is 0.552 bits per heavy atom. The van der Waals surface area contributed by atoms with Crippen molar-refractivity contribution in [1.82, 2.24) is 31.9 Å². The second-order valence-corrected chi connectivity index (χ2v) is 24.9. The van der Waals surface area contributed by atoms with Gasteiger partial charge >= 0.3 is 15.6 Å². The van der Waals surface area contributed by atoms with Crippen LogP contribution < -0.4 is 43.4 Å². The van der Waals surface area contributed by atoms with Gasteiger partial charge in [0.2, 0.25) is 35.4 Å². The normalized spacial score (nSPS) is 32.7. The van der Waals surface area contributed by atoms with Crippen LogP contribution in [0.15, 0.2) is 24.3 Å². The zero-order chi connectivity index (χ0) is 71.8. The zero-order valence-corrected chi connectivity index (χ0v) is 53.1. The maximum absolute atomic E-state index is 13.9. The van der Waals surface area contributed by atoms with Gasteiger partial charge in [0.1, 0.15) is 116 Å². The summed E-state index contributed by atoms with van der Waals surface area (Å²) in [6.45, 7) is -2.56. The number of hydrogen-bond acceptors (Lipinski definition) is 32. The third-order valence-electron chi connectivity index (χ3n) is 15.2. The lowest BCUT2D eigenvalue weighted by Gasteiger charge is -2.46. The molecule has 0 spiro atoms. The number of hydrogen-bond donors (Lipinski definition) is 24. The van der Waals surface area contributed by atoms with E-state index in [0.29, 0.717) is 0 Å². The molecule has 45 heteroatoms. The highest BCUT2D eigenvalue weighted by Crippen LogP contribution is 2.39. The van der Waals surface area contributed by atoms with E-state index in [1.807, 2.05) is 0 Å². The van der Waals surface area contributed by atoms with Gasteiger partial charge in [0.15, 0.2) is 25.2 Å². The van der Waals surface area contributed by atoms with E-state index in [0.717, 1.165) is 20.8 Å². The molecule has 43 nitrogen and oxygen atoms in total. The minimum absolute atomic E-state index is 0.0172. The number of nitrogens with two attached hydrogens (primary N) is 2. The molecule has 4 saturated heterocycles. The fourth-order valence-electron chi connectivity index (χ4n) is 9.92. The number of phosphoric ester groups is 2. The summed E-state index contributed by atoms with van der Waals surface area (Å²) in [5.74, 6) is -7.12. The van der Waals surface area contributed by atoms with E-state index >= 15 is 0 Å². The molecule has 4 heterocycles. The predicted octanol–water partition coefficient (Wildman–Crippen LogP) is -12.3. The summed E-state index contributed by atoms with van der Waals surface area (Å²) in [6.07, 6.45) is -42.7. The largest absolute Gasteiger partial charge is 0.469 e. The molecule has 0 radical (unpaired) electrons. The van der Waals surface area contributed by atoms with Crippen molar-refractivity contribution >= 4 is 62.7 Å². The van der Waals surface area contributed by atoms with Gasteiger partial charge in [0, 0.05) is 19.2 Å². The molecular formula is C51H84N8O35P2. The van der Waals surface area contributed by atoms with E-state index in [-0.39, 0.29) is 37.1 Å². The van der Waals surface area contributed by atoms with Crippen LogP contribution in [0.2, 0.25) is 0 Å². The Bertz CT molecular complexity index is 2850. The lowest BCUT2D eigenvalue weighted by atomic mass is 9.97. The van der Waals surface area contributed by atoms with Crippen LogP contribution in [0.25, 0.3) is 0 Å². The number of amides is 7. The number of phosphoric acid groups is 2. The second kappa shape index (κ2) is 36.7. The lowest BCUT2D eigenvalue weighted by molar-refractivity contribution is -0.371. The van der Waals surface area contributed by atoms with Crippen LogP contribution in [-0.2, 0) is 84.8 Å². The van der Waals surface area contributed by atoms with Gasteiger partial charge in [-0.1, -0.05) is 12.1 Å². The quantitative estimate of drug-likeness (QED) is 0.0173. The number of ether oxygens (including phenoxy) is 8. The summed E-state index contributed by atoms with van der Waals surface area (Å²) < 4.78 is 75.7. The van der Waals surface area contributed by atoms with E-state index < -0.39 is 250 Å². The number of para-hydroxylation sites is 1. The van der Waals surface area contributed by atoms with Gasteiger partial charge in [-0.25, -0.2) is 9.13 Å². The van der Waals surface area contributed by atoms with Gasteiger partial charge in [-0.05, 0) is 45.2 Å². The number of rotatable bonds is 34. The smallest absolute Gasteiger partial charge is 0.398 e. The van der Waals surface area contributed by atoms with E-state index in [1.165, 1.54) is 12.1 Å². The number of nitrogen functional groups attached to an aromatic ring is 1. The van der Waals surface area contributed by atoms with Crippen LogP contribution >= 0.6 is 15.6 Å². The van der Waals surface area contributed by atoms with Crippen molar-refractivity contribution in [3.8, 4) is 0 Å². The minimum Gasteiger partial charge on any atom is -0.398 e. The number of anilines is 1. The number of carbonyl (C=O) groups is 7. The Labute approximate surface area is 544 Å². The number of aliphatic hydroxyl groups is 12. The molecule has 0 bridgehead atoms. The average Bonchev–Trinajstić information content (AvgIpc) is 0.793. The molecule has 1 aromatic carbocycles. The van der Waals surface area contributed by atoms with Crippen molar-refractivity contribution in [2.75, 3.05) is 51.8 Å². The van der Waals surface area contributed by atoms with E-state index in [9.17, 15) is 104 Å². The molecular weight excluding hydrogens is 1350 g/mol. The van der Waals surface area contributed by atoms with Crippen LogP contribution in [0.3, 0.4) is 0 Å². The van der Waals surface area contributed by atoms with Crippen LogP contribution in [0.5, 0.6) is 0 Å². The predicted molar refractivity (Wildman–Crippen MR) is 309 cm³/mol. The molecule has 5 rings (SSSR count). The highest BCUT2D eigenvalue weighted by Gasteiger charge is 2.53. The van der Waals surface area contributed by atoms with E-state index in [4.69, 9.17) is 68.9 Å². The number of carbonyl (C=O) groups excluding carboxylic acids is 7. The molecule has 0 unspecified atom stereocenters. The molecule has 4 fully saturated rings. The lowest BCUT2D eigenvalue weighted by Crippen LogP contribution is -2.65. The zero-order valence-electron chi connectivity index (χ0n) is 51.3. The van der Waals surface area contributed by atoms with Crippen molar-refractivity contribution in [2.24, 2.45) is 5.73 Å². The summed E-state index contributed by atoms with van der Waals surface area (Å²) in [6, 6.07) is 0.985. The number of unbranched alkanes of at least 4 members (excludes halogenated alkanes) is 1. The first kappa shape index (κ1) is 81.4. The summed E-state index contributed by atoms with van der Waals surface area (Å²) in [5.41, 5.74) is 11.8. The Morgan fingerprint density at radius 2 is 1.02 bits per heavy atom. The molecule has 7 amide bonds. The summed E-state index contributed by atoms with van der Waals surface area (Å²) in [4.78, 5) is 129. The third-order valence-corrected chi connectivity index (χ3v) is 16.1. The van der Waals surface area contributed by atoms with Gasteiger partial charge in [-0.15, -0.1) is 0 Å². The standard InChI is InChI=1S/C51H84N8O35P2/c1-18(88-49-41(73)37(69)33(65)25(92-49)15-85-48-40(72)36(68)34(66)26(91-48)16-86-95(79,80)81)30(44(53)75)59-29(63)13-55-46(77)23(10-6-7-11-54-45(76)21-8-4-5-9-22(21)52)58-28(62)12-56-47(78)31(57-20(3)61)19(2)89-51-43(39(71)32(64)24(14-60)90-51)94-50-42(74)38(70)35(67)27(93-50)17-87-96(82,83)84/h4-5,8-9,18-19,23-27,30-43,48-51,60,64-74H,6-7,10-17,52H2,1-3H3,(H2,53,75)(H,54,76)(H,55,77)(H,56,78)(H,57,61)(H,58,62)(H,59,63)(H2,79,80,81)(H2,82,83,84)/t18-,19-,23+,24-,25-,26-,27-,30+,31+,32-,33-,34-,35-,36+,37+,38+,39+,40+,41+,42+,43+,48+,49+,50-,51+/m1/s1. The fourth-order valence-corrected chi connectivity index (χ4v) is 10.6. The Kier molecular flexibility index (Phi) is 31.1. The first-order valence-electron chi connectivity index (χ1n) is 29.4. The molecule has 4 aliphatic rings. The summed E-state index contributed by atoms with van der Waals surface area (Å²) >= 11 is 0. The topological polar surface area (TPSA) is 694 Å². The maximum Gasteiger partial charge on any atom is 0.469 e. The SMILES string of the molecule is CC(=O)N[C@H](C(=O)NCC(=O)N[C@@H](CCCCNC(=O)c1ccccc1N)C(=O)NCC(=O)N[C@H](C(N)=O)[C@@H](C)O[C@H]1O[C@H](CO[C@H]2O[C@H](COP(=O)(O)O)[C@@H](O)[C@H](O)[C@@H]2O)[C@@H](O)[C@H](O)[C@@H]1O)[C@@H](C)O[C@H]1O[C@H](CO)[C@@H](O)[C@H](O)[C@@H]1O[C@H]1O[C@H](COP(=O)(O)O)[C@@H](O)[C@H](O)[C@@H]1O. The second-order valence-electron chi connectivity index (χ2n) is 22.5. The molecule has 4 aliphatic heterocycles. The molecule has 1 aromatic rings. The van der Waals surface area contributed by atoms with Gasteiger partial charge in [-0.3, -0.25) is 42.6 Å². The molecule has 26 N–H and O–H groups in total. The molecule has 0 saturated carbocycles. The Morgan fingerprint density at radius 3 is 1.56 bits per heavy atom. The van der Waals surface area contributed by atoms with Gasteiger partial charge in [-0.2, -0.15) is 0 Å². The van der Waals surface area contributed by atoms with Gasteiger partial charge < -0.3 is 162 Å². The maximum atomic E-state index is 13.9.